The Hall–Kier alpha value is -1.75. The number of hydrogen-bond acceptors (Lipinski definition) is 5. The first-order valence-corrected chi connectivity index (χ1v) is 6.32. The average molecular weight is 266 g/mol. The standard InChI is InChI=1S/C14H22N2O3/c1-12(13(2)19-11-14(17)18-3)5-4-8-16-9-6-15-7-10-16/h4-5,8,15H,2,6-7,9-11H2,1,3H3/b8-4+,12-5-. The third-order valence-electron chi connectivity index (χ3n) is 2.83. The van der Waals surface area contributed by atoms with Crippen molar-refractivity contribution in [3.63, 3.8) is 0 Å². The Labute approximate surface area is 114 Å². The molecule has 19 heavy (non-hydrogen) atoms. The maximum atomic E-state index is 10.9. The Bertz CT molecular complexity index is 369. The van der Waals surface area contributed by atoms with E-state index in [1.165, 1.54) is 7.11 Å². The number of hydrogen-bond donors (Lipinski definition) is 1. The van der Waals surface area contributed by atoms with Gasteiger partial charge in [0.15, 0.2) is 6.61 Å². The second kappa shape index (κ2) is 8.37. The van der Waals surface area contributed by atoms with Crippen molar-refractivity contribution >= 4 is 5.97 Å². The van der Waals surface area contributed by atoms with Crippen LogP contribution in [-0.4, -0.2) is 50.8 Å². The van der Waals surface area contributed by atoms with Crippen LogP contribution in [0, 0.1) is 0 Å². The lowest BCUT2D eigenvalue weighted by molar-refractivity contribution is -0.144. The summed E-state index contributed by atoms with van der Waals surface area (Å²) in [6, 6.07) is 0. The van der Waals surface area contributed by atoms with Crippen LogP contribution in [0.3, 0.4) is 0 Å². The number of rotatable bonds is 6. The molecule has 1 rings (SSSR count). The summed E-state index contributed by atoms with van der Waals surface area (Å²) in [6.07, 6.45) is 5.94. The quantitative estimate of drug-likeness (QED) is 0.442. The third-order valence-corrected chi connectivity index (χ3v) is 2.83. The van der Waals surface area contributed by atoms with Crippen LogP contribution in [0.5, 0.6) is 0 Å². The molecule has 0 bridgehead atoms. The smallest absolute Gasteiger partial charge is 0.343 e. The molecular weight excluding hydrogens is 244 g/mol. The van der Waals surface area contributed by atoms with Crippen molar-refractivity contribution in [3.8, 4) is 0 Å². The number of methoxy groups -OCH3 is 1. The number of piperazine rings is 1. The van der Waals surface area contributed by atoms with Crippen molar-refractivity contribution in [2.45, 2.75) is 6.92 Å². The minimum absolute atomic E-state index is 0.109. The number of ether oxygens (including phenoxy) is 2. The highest BCUT2D eigenvalue weighted by Gasteiger charge is 2.04. The maximum Gasteiger partial charge on any atom is 0.343 e. The Kier molecular flexibility index (Phi) is 6.74. The lowest BCUT2D eigenvalue weighted by atomic mass is 10.2. The van der Waals surface area contributed by atoms with Crippen molar-refractivity contribution in [2.24, 2.45) is 0 Å². The highest BCUT2D eigenvalue weighted by atomic mass is 16.6. The predicted molar refractivity (Wildman–Crippen MR) is 74.4 cm³/mol. The molecule has 1 heterocycles. The lowest BCUT2D eigenvalue weighted by Crippen LogP contribution is -2.40. The van der Waals surface area contributed by atoms with Gasteiger partial charge in [-0.2, -0.15) is 0 Å². The third kappa shape index (κ3) is 6.10. The molecule has 5 heteroatoms. The van der Waals surface area contributed by atoms with Gasteiger partial charge in [-0.05, 0) is 24.8 Å². The van der Waals surface area contributed by atoms with Crippen LogP contribution in [0.15, 0.2) is 36.3 Å². The molecule has 0 atom stereocenters. The molecule has 5 nitrogen and oxygen atoms in total. The molecule has 0 unspecified atom stereocenters. The van der Waals surface area contributed by atoms with Gasteiger partial charge in [-0.15, -0.1) is 0 Å². The van der Waals surface area contributed by atoms with E-state index in [-0.39, 0.29) is 6.61 Å². The molecule has 0 radical (unpaired) electrons. The number of carbonyl (C=O) groups is 1. The van der Waals surface area contributed by atoms with Crippen molar-refractivity contribution < 1.29 is 14.3 Å². The second-order valence-electron chi connectivity index (χ2n) is 4.27. The molecular formula is C14H22N2O3. The number of allylic oxidation sites excluding steroid dienone is 3. The van der Waals surface area contributed by atoms with E-state index in [9.17, 15) is 4.79 Å². The van der Waals surface area contributed by atoms with E-state index in [0.29, 0.717) is 5.76 Å². The molecule has 1 N–H and O–H groups in total. The highest BCUT2D eigenvalue weighted by Crippen LogP contribution is 2.08. The van der Waals surface area contributed by atoms with Gasteiger partial charge in [-0.25, -0.2) is 4.79 Å². The van der Waals surface area contributed by atoms with Crippen molar-refractivity contribution in [1.29, 1.82) is 0 Å². The average Bonchev–Trinajstić information content (AvgIpc) is 2.45. The second-order valence-corrected chi connectivity index (χ2v) is 4.27. The van der Waals surface area contributed by atoms with Crippen LogP contribution >= 0.6 is 0 Å². The van der Waals surface area contributed by atoms with Gasteiger partial charge in [0.1, 0.15) is 5.76 Å². The fourth-order valence-corrected chi connectivity index (χ4v) is 1.55. The fraction of sp³-hybridized carbons (Fsp3) is 0.500. The number of nitrogens with zero attached hydrogens (tertiary/aromatic N) is 1. The fourth-order valence-electron chi connectivity index (χ4n) is 1.55. The zero-order valence-corrected chi connectivity index (χ0v) is 11.6. The molecule has 1 saturated heterocycles. The topological polar surface area (TPSA) is 50.8 Å². The Morgan fingerprint density at radius 1 is 1.42 bits per heavy atom. The first kappa shape index (κ1) is 15.3. The van der Waals surface area contributed by atoms with Crippen LogP contribution in [0.4, 0.5) is 0 Å². The van der Waals surface area contributed by atoms with Crippen LogP contribution in [-0.2, 0) is 14.3 Å². The molecule has 1 aliphatic rings. The van der Waals surface area contributed by atoms with Gasteiger partial charge in [0.2, 0.25) is 0 Å². The van der Waals surface area contributed by atoms with Gasteiger partial charge < -0.3 is 19.7 Å². The molecule has 1 fully saturated rings. The summed E-state index contributed by atoms with van der Waals surface area (Å²) < 4.78 is 9.69. The zero-order valence-electron chi connectivity index (χ0n) is 11.6. The lowest BCUT2D eigenvalue weighted by Gasteiger charge is -2.25. The van der Waals surface area contributed by atoms with E-state index in [0.717, 1.165) is 31.8 Å². The summed E-state index contributed by atoms with van der Waals surface area (Å²) in [6.45, 7) is 9.62. The normalized spacial score (nSPS) is 16.5. The monoisotopic (exact) mass is 266 g/mol. The SMILES string of the molecule is C=C(OCC(=O)OC)/C(C)=C\C=C\N1CCNCC1. The van der Waals surface area contributed by atoms with Crippen molar-refractivity contribution in [3.05, 3.63) is 36.3 Å². The molecule has 0 aromatic carbocycles. The Balaban J connectivity index is 2.35. The van der Waals surface area contributed by atoms with Crippen LogP contribution < -0.4 is 5.32 Å². The first-order chi connectivity index (χ1) is 9.13. The molecule has 0 amide bonds. The van der Waals surface area contributed by atoms with E-state index in [4.69, 9.17) is 4.74 Å². The molecule has 0 saturated carbocycles. The van der Waals surface area contributed by atoms with Gasteiger partial charge in [0.25, 0.3) is 0 Å². The van der Waals surface area contributed by atoms with E-state index in [2.05, 4.69) is 27.7 Å². The van der Waals surface area contributed by atoms with Gasteiger partial charge in [0, 0.05) is 26.2 Å². The minimum atomic E-state index is -0.412. The summed E-state index contributed by atoms with van der Waals surface area (Å²) in [5.41, 5.74) is 0.885. The molecule has 1 aliphatic heterocycles. The Morgan fingerprint density at radius 2 is 2.11 bits per heavy atom. The van der Waals surface area contributed by atoms with Crippen LogP contribution in [0.2, 0.25) is 0 Å². The largest absolute Gasteiger partial charge is 0.482 e. The van der Waals surface area contributed by atoms with E-state index < -0.39 is 5.97 Å². The van der Waals surface area contributed by atoms with Crippen molar-refractivity contribution in [2.75, 3.05) is 39.9 Å². The summed E-state index contributed by atoms with van der Waals surface area (Å²) in [5, 5.41) is 3.30. The van der Waals surface area contributed by atoms with Gasteiger partial charge >= 0.3 is 5.97 Å². The molecule has 0 aromatic rings. The van der Waals surface area contributed by atoms with E-state index in [1.54, 1.807) is 0 Å². The summed E-state index contributed by atoms with van der Waals surface area (Å²) in [5.74, 6) is 0.0701. The van der Waals surface area contributed by atoms with Crippen molar-refractivity contribution in [1.82, 2.24) is 10.2 Å². The van der Waals surface area contributed by atoms with Crippen LogP contribution in [0.25, 0.3) is 0 Å². The van der Waals surface area contributed by atoms with E-state index >= 15 is 0 Å². The first-order valence-electron chi connectivity index (χ1n) is 6.32. The summed E-state index contributed by atoms with van der Waals surface area (Å²) in [4.78, 5) is 13.2. The summed E-state index contributed by atoms with van der Waals surface area (Å²) in [7, 11) is 1.33. The molecule has 106 valence electrons. The highest BCUT2D eigenvalue weighted by molar-refractivity contribution is 5.70. The van der Waals surface area contributed by atoms with E-state index in [1.807, 2.05) is 19.1 Å². The minimum Gasteiger partial charge on any atom is -0.482 e. The maximum absolute atomic E-state index is 10.9. The molecule has 0 spiro atoms. The van der Waals surface area contributed by atoms with Gasteiger partial charge in [0.05, 0.1) is 7.11 Å². The number of carbonyl (C=O) groups excluding carboxylic acids is 1. The molecule has 0 aromatic heterocycles. The number of esters is 1. The van der Waals surface area contributed by atoms with Gasteiger partial charge in [-0.3, -0.25) is 0 Å². The van der Waals surface area contributed by atoms with Crippen LogP contribution in [0.1, 0.15) is 6.92 Å². The summed E-state index contributed by atoms with van der Waals surface area (Å²) >= 11 is 0. The molecule has 0 aliphatic carbocycles. The predicted octanol–water partition coefficient (Wildman–Crippen LogP) is 1.05. The zero-order chi connectivity index (χ0) is 14.1. The number of nitrogens with one attached hydrogen (secondary N) is 1. The van der Waals surface area contributed by atoms with Gasteiger partial charge in [-0.1, -0.05) is 12.7 Å². The Morgan fingerprint density at radius 3 is 2.74 bits per heavy atom.